The van der Waals surface area contributed by atoms with Gasteiger partial charge in [-0.1, -0.05) is 30.3 Å². The Morgan fingerprint density at radius 1 is 0.783 bits per heavy atom. The first-order chi connectivity index (χ1) is 11.3. The number of rotatable bonds is 2. The predicted octanol–water partition coefficient (Wildman–Crippen LogP) is 3.16. The Balaban J connectivity index is 1.79. The van der Waals surface area contributed by atoms with E-state index < -0.39 is 0 Å². The Morgan fingerprint density at radius 2 is 1.57 bits per heavy atom. The van der Waals surface area contributed by atoms with Crippen molar-refractivity contribution in [2.75, 3.05) is 18.9 Å². The first-order valence-corrected chi connectivity index (χ1v) is 7.39. The molecular weight excluding hydrogens is 290 g/mol. The Hall–Kier alpha value is -3.08. The van der Waals surface area contributed by atoms with Gasteiger partial charge in [0.2, 0.25) is 0 Å². The lowest BCUT2D eigenvalue weighted by Gasteiger charge is -2.18. The zero-order valence-electron chi connectivity index (χ0n) is 12.4. The Labute approximate surface area is 133 Å². The predicted molar refractivity (Wildman–Crippen MR) is 88.3 cm³/mol. The largest absolute Gasteiger partial charge is 0.486 e. The van der Waals surface area contributed by atoms with E-state index in [1.165, 1.54) is 0 Å². The van der Waals surface area contributed by atoms with Crippen molar-refractivity contribution in [3.63, 3.8) is 0 Å². The van der Waals surface area contributed by atoms with Gasteiger partial charge in [-0.25, -0.2) is 9.97 Å². The molecule has 114 valence electrons. The van der Waals surface area contributed by atoms with Crippen molar-refractivity contribution < 1.29 is 9.47 Å². The van der Waals surface area contributed by atoms with Gasteiger partial charge < -0.3 is 15.2 Å². The summed E-state index contributed by atoms with van der Waals surface area (Å²) in [5.74, 6) is 2.46. The molecule has 1 aliphatic heterocycles. The number of fused-ring (bicyclic) bond motifs is 1. The third-order valence-electron chi connectivity index (χ3n) is 3.62. The van der Waals surface area contributed by atoms with Crippen molar-refractivity contribution in [1.82, 2.24) is 9.97 Å². The highest BCUT2D eigenvalue weighted by molar-refractivity contribution is 5.68. The smallest absolute Gasteiger partial charge is 0.162 e. The van der Waals surface area contributed by atoms with Crippen LogP contribution in [0, 0.1) is 0 Å². The van der Waals surface area contributed by atoms with Crippen LogP contribution in [0.4, 0.5) is 5.82 Å². The lowest BCUT2D eigenvalue weighted by Crippen LogP contribution is -2.15. The van der Waals surface area contributed by atoms with E-state index in [0.717, 1.165) is 22.6 Å². The first kappa shape index (κ1) is 13.6. The number of nitrogen functional groups attached to an aromatic ring is 1. The quantitative estimate of drug-likeness (QED) is 0.787. The molecule has 0 aliphatic carbocycles. The van der Waals surface area contributed by atoms with Crippen molar-refractivity contribution in [1.29, 1.82) is 0 Å². The van der Waals surface area contributed by atoms with E-state index in [-0.39, 0.29) is 0 Å². The fourth-order valence-electron chi connectivity index (χ4n) is 2.53. The lowest BCUT2D eigenvalue weighted by atomic mass is 10.1. The fraction of sp³-hybridized carbons (Fsp3) is 0.111. The first-order valence-electron chi connectivity index (χ1n) is 7.39. The zero-order valence-corrected chi connectivity index (χ0v) is 12.4. The topological polar surface area (TPSA) is 70.3 Å². The minimum atomic E-state index is 0.434. The highest BCUT2D eigenvalue weighted by Crippen LogP contribution is 2.34. The molecule has 0 atom stereocenters. The number of anilines is 1. The van der Waals surface area contributed by atoms with Crippen LogP contribution < -0.4 is 15.2 Å². The van der Waals surface area contributed by atoms with Gasteiger partial charge in [-0.15, -0.1) is 0 Å². The van der Waals surface area contributed by atoms with Crippen molar-refractivity contribution >= 4 is 5.82 Å². The van der Waals surface area contributed by atoms with E-state index in [0.29, 0.717) is 30.6 Å². The van der Waals surface area contributed by atoms with E-state index in [4.69, 9.17) is 15.2 Å². The Morgan fingerprint density at radius 3 is 2.39 bits per heavy atom. The number of ether oxygens (including phenoxy) is 2. The minimum absolute atomic E-state index is 0.434. The van der Waals surface area contributed by atoms with E-state index in [9.17, 15) is 0 Å². The van der Waals surface area contributed by atoms with Crippen molar-refractivity contribution in [2.45, 2.75) is 0 Å². The second-order valence-electron chi connectivity index (χ2n) is 5.23. The van der Waals surface area contributed by atoms with Crippen LogP contribution in [0.5, 0.6) is 11.5 Å². The van der Waals surface area contributed by atoms with Gasteiger partial charge in [0.15, 0.2) is 17.3 Å². The Kier molecular flexibility index (Phi) is 3.31. The van der Waals surface area contributed by atoms with E-state index in [2.05, 4.69) is 9.97 Å². The molecule has 1 aromatic heterocycles. The standard InChI is InChI=1S/C18H15N3O2/c19-17-11-14(12-4-2-1-3-5-12)20-18(21-17)13-6-7-15-16(10-13)23-9-8-22-15/h1-7,10-11H,8-9H2,(H2,19,20,21). The maximum atomic E-state index is 5.96. The second-order valence-corrected chi connectivity index (χ2v) is 5.23. The number of nitrogens with two attached hydrogens (primary N) is 1. The van der Waals surface area contributed by atoms with Crippen LogP contribution in [0.1, 0.15) is 0 Å². The van der Waals surface area contributed by atoms with Crippen LogP contribution in [0.2, 0.25) is 0 Å². The molecule has 0 fully saturated rings. The van der Waals surface area contributed by atoms with E-state index >= 15 is 0 Å². The molecule has 1 aliphatic rings. The second kappa shape index (κ2) is 5.61. The molecular formula is C18H15N3O2. The van der Waals surface area contributed by atoms with Gasteiger partial charge in [0.25, 0.3) is 0 Å². The van der Waals surface area contributed by atoms with Crippen LogP contribution in [-0.4, -0.2) is 23.2 Å². The maximum absolute atomic E-state index is 5.96. The molecule has 0 unspecified atom stereocenters. The van der Waals surface area contributed by atoms with Crippen LogP contribution >= 0.6 is 0 Å². The third kappa shape index (κ3) is 2.68. The van der Waals surface area contributed by atoms with Gasteiger partial charge in [0.1, 0.15) is 19.0 Å². The number of nitrogens with zero attached hydrogens (tertiary/aromatic N) is 2. The summed E-state index contributed by atoms with van der Waals surface area (Å²) in [6.07, 6.45) is 0. The number of hydrogen-bond acceptors (Lipinski definition) is 5. The molecule has 2 heterocycles. The molecule has 0 spiro atoms. The molecule has 2 N–H and O–H groups in total. The average molecular weight is 305 g/mol. The Bertz CT molecular complexity index is 850. The molecule has 0 bridgehead atoms. The van der Waals surface area contributed by atoms with Crippen LogP contribution in [0.15, 0.2) is 54.6 Å². The minimum Gasteiger partial charge on any atom is -0.486 e. The summed E-state index contributed by atoms with van der Waals surface area (Å²) in [7, 11) is 0. The summed E-state index contributed by atoms with van der Waals surface area (Å²) in [5, 5.41) is 0. The van der Waals surface area contributed by atoms with Gasteiger partial charge in [0, 0.05) is 17.2 Å². The fourth-order valence-corrected chi connectivity index (χ4v) is 2.53. The van der Waals surface area contributed by atoms with Crippen LogP contribution in [0.25, 0.3) is 22.6 Å². The van der Waals surface area contributed by atoms with Gasteiger partial charge in [-0.2, -0.15) is 0 Å². The SMILES string of the molecule is Nc1cc(-c2ccccc2)nc(-c2ccc3c(c2)OCCO3)n1. The molecule has 5 heteroatoms. The van der Waals surface area contributed by atoms with E-state index in [1.54, 1.807) is 6.07 Å². The highest BCUT2D eigenvalue weighted by atomic mass is 16.6. The molecule has 0 saturated heterocycles. The zero-order chi connectivity index (χ0) is 15.6. The molecule has 4 rings (SSSR count). The highest BCUT2D eigenvalue weighted by Gasteiger charge is 2.14. The molecule has 5 nitrogen and oxygen atoms in total. The summed E-state index contributed by atoms with van der Waals surface area (Å²) in [5.41, 5.74) is 8.61. The summed E-state index contributed by atoms with van der Waals surface area (Å²) in [4.78, 5) is 8.98. The molecule has 2 aromatic carbocycles. The molecule has 3 aromatic rings. The third-order valence-corrected chi connectivity index (χ3v) is 3.62. The number of hydrogen-bond donors (Lipinski definition) is 1. The summed E-state index contributed by atoms with van der Waals surface area (Å²) < 4.78 is 11.2. The maximum Gasteiger partial charge on any atom is 0.162 e. The number of benzene rings is 2. The van der Waals surface area contributed by atoms with Crippen LogP contribution in [0.3, 0.4) is 0 Å². The lowest BCUT2D eigenvalue weighted by molar-refractivity contribution is 0.171. The molecule has 23 heavy (non-hydrogen) atoms. The van der Waals surface area contributed by atoms with Crippen molar-refractivity contribution in [3.05, 3.63) is 54.6 Å². The van der Waals surface area contributed by atoms with Gasteiger partial charge in [-0.05, 0) is 18.2 Å². The van der Waals surface area contributed by atoms with Crippen molar-refractivity contribution in [2.24, 2.45) is 0 Å². The van der Waals surface area contributed by atoms with Gasteiger partial charge in [-0.3, -0.25) is 0 Å². The molecule has 0 saturated carbocycles. The molecule has 0 amide bonds. The van der Waals surface area contributed by atoms with Gasteiger partial charge >= 0.3 is 0 Å². The van der Waals surface area contributed by atoms with Crippen molar-refractivity contribution in [3.8, 4) is 34.1 Å². The number of aromatic nitrogens is 2. The van der Waals surface area contributed by atoms with Crippen LogP contribution in [-0.2, 0) is 0 Å². The normalized spacial score (nSPS) is 12.9. The average Bonchev–Trinajstić information content (AvgIpc) is 2.61. The van der Waals surface area contributed by atoms with E-state index in [1.807, 2.05) is 48.5 Å². The van der Waals surface area contributed by atoms with Gasteiger partial charge in [0.05, 0.1) is 5.69 Å². The summed E-state index contributed by atoms with van der Waals surface area (Å²) in [6, 6.07) is 17.3. The molecule has 0 radical (unpaired) electrons. The summed E-state index contributed by atoms with van der Waals surface area (Å²) in [6.45, 7) is 1.11. The summed E-state index contributed by atoms with van der Waals surface area (Å²) >= 11 is 0. The monoisotopic (exact) mass is 305 g/mol.